The summed E-state index contributed by atoms with van der Waals surface area (Å²) in [6.45, 7) is 2.15. The molecule has 0 aliphatic heterocycles. The summed E-state index contributed by atoms with van der Waals surface area (Å²) in [5, 5.41) is 4.12. The summed E-state index contributed by atoms with van der Waals surface area (Å²) in [5.74, 6) is 0.0179. The average Bonchev–Trinajstić information content (AvgIpc) is 2.80. The van der Waals surface area contributed by atoms with Crippen molar-refractivity contribution in [3.63, 3.8) is 0 Å². The maximum atomic E-state index is 10.8. The van der Waals surface area contributed by atoms with Gasteiger partial charge in [0.25, 0.3) is 0 Å². The van der Waals surface area contributed by atoms with Gasteiger partial charge in [-0.1, -0.05) is 6.07 Å². The molecule has 0 amide bonds. The van der Waals surface area contributed by atoms with Gasteiger partial charge in [0.15, 0.2) is 5.78 Å². The van der Waals surface area contributed by atoms with Crippen molar-refractivity contribution in [1.29, 1.82) is 0 Å². The van der Waals surface area contributed by atoms with Crippen molar-refractivity contribution >= 4 is 11.9 Å². The molecule has 2 heterocycles. The first-order chi connectivity index (χ1) is 8.24. The van der Waals surface area contributed by atoms with Gasteiger partial charge >= 0.3 is 0 Å². The van der Waals surface area contributed by atoms with Crippen molar-refractivity contribution in [1.82, 2.24) is 14.8 Å². The number of aromatic nitrogens is 3. The SMILES string of the molecule is CC(=O)/C=C/c1cccc(Cn2cccn2)n1. The second-order valence-corrected chi connectivity index (χ2v) is 3.70. The fourth-order valence-corrected chi connectivity index (χ4v) is 1.44. The van der Waals surface area contributed by atoms with E-state index in [0.717, 1.165) is 11.4 Å². The van der Waals surface area contributed by atoms with Crippen LogP contribution in [0.2, 0.25) is 0 Å². The third kappa shape index (κ3) is 3.38. The average molecular weight is 227 g/mol. The van der Waals surface area contributed by atoms with Crippen LogP contribution >= 0.6 is 0 Å². The molecule has 0 saturated carbocycles. The predicted octanol–water partition coefficient (Wildman–Crippen LogP) is 1.93. The second-order valence-electron chi connectivity index (χ2n) is 3.70. The molecule has 0 unspecified atom stereocenters. The van der Waals surface area contributed by atoms with Gasteiger partial charge in [0.2, 0.25) is 0 Å². The highest BCUT2D eigenvalue weighted by Gasteiger charge is 1.97. The van der Waals surface area contributed by atoms with Crippen LogP contribution in [0.3, 0.4) is 0 Å². The predicted molar refractivity (Wildman–Crippen MR) is 65.3 cm³/mol. The van der Waals surface area contributed by atoms with E-state index in [0.29, 0.717) is 6.54 Å². The van der Waals surface area contributed by atoms with Crippen LogP contribution in [0.15, 0.2) is 42.7 Å². The lowest BCUT2D eigenvalue weighted by atomic mass is 10.2. The van der Waals surface area contributed by atoms with Crippen LogP contribution in [0, 0.1) is 0 Å². The molecule has 2 rings (SSSR count). The first kappa shape index (κ1) is 11.3. The van der Waals surface area contributed by atoms with Gasteiger partial charge in [0, 0.05) is 12.4 Å². The Bertz CT molecular complexity index is 529. The molecule has 2 aromatic heterocycles. The maximum absolute atomic E-state index is 10.8. The van der Waals surface area contributed by atoms with E-state index in [1.165, 1.54) is 13.0 Å². The van der Waals surface area contributed by atoms with Crippen molar-refractivity contribution in [3.05, 3.63) is 54.1 Å². The fourth-order valence-electron chi connectivity index (χ4n) is 1.44. The number of carbonyl (C=O) groups excluding carboxylic acids is 1. The van der Waals surface area contributed by atoms with Crippen LogP contribution in [0.4, 0.5) is 0 Å². The molecule has 0 aliphatic rings. The topological polar surface area (TPSA) is 47.8 Å². The van der Waals surface area contributed by atoms with Gasteiger partial charge in [-0.25, -0.2) is 0 Å². The standard InChI is InChI=1S/C13H13N3O/c1-11(17)6-7-12-4-2-5-13(15-12)10-16-9-3-8-14-16/h2-9H,10H2,1H3/b7-6+. The maximum Gasteiger partial charge on any atom is 0.152 e. The number of allylic oxidation sites excluding steroid dienone is 1. The molecule has 86 valence electrons. The molecule has 0 saturated heterocycles. The lowest BCUT2D eigenvalue weighted by Gasteiger charge is -2.02. The van der Waals surface area contributed by atoms with E-state index in [1.54, 1.807) is 17.0 Å². The van der Waals surface area contributed by atoms with Gasteiger partial charge in [0.05, 0.1) is 17.9 Å². The largest absolute Gasteiger partial charge is 0.295 e. The Kier molecular flexibility index (Phi) is 3.45. The van der Waals surface area contributed by atoms with E-state index in [4.69, 9.17) is 0 Å². The third-order valence-electron chi connectivity index (χ3n) is 2.20. The number of hydrogen-bond acceptors (Lipinski definition) is 3. The lowest BCUT2D eigenvalue weighted by Crippen LogP contribution is -2.02. The number of rotatable bonds is 4. The Morgan fingerprint density at radius 2 is 2.29 bits per heavy atom. The van der Waals surface area contributed by atoms with Crippen LogP contribution in [0.1, 0.15) is 18.3 Å². The van der Waals surface area contributed by atoms with Gasteiger partial charge < -0.3 is 0 Å². The Labute approximate surface area is 99.6 Å². The zero-order chi connectivity index (χ0) is 12.1. The van der Waals surface area contributed by atoms with Crippen molar-refractivity contribution < 1.29 is 4.79 Å². The summed E-state index contributed by atoms with van der Waals surface area (Å²) in [7, 11) is 0. The Hall–Kier alpha value is -2.23. The Balaban J connectivity index is 2.14. The molecule has 4 nitrogen and oxygen atoms in total. The number of hydrogen-bond donors (Lipinski definition) is 0. The van der Waals surface area contributed by atoms with Crippen molar-refractivity contribution in [2.75, 3.05) is 0 Å². The Morgan fingerprint density at radius 1 is 1.41 bits per heavy atom. The second kappa shape index (κ2) is 5.21. The molecule has 4 heteroatoms. The van der Waals surface area contributed by atoms with Crippen LogP contribution in [0.25, 0.3) is 6.08 Å². The molecule has 0 N–H and O–H groups in total. The van der Waals surface area contributed by atoms with E-state index in [-0.39, 0.29) is 5.78 Å². The molecule has 0 bridgehead atoms. The number of nitrogens with zero attached hydrogens (tertiary/aromatic N) is 3. The van der Waals surface area contributed by atoms with Gasteiger partial charge in [-0.05, 0) is 37.3 Å². The molecule has 2 aromatic rings. The summed E-state index contributed by atoms with van der Waals surface area (Å²) in [6.07, 6.45) is 6.86. The molecule has 0 aliphatic carbocycles. The monoisotopic (exact) mass is 227 g/mol. The summed E-state index contributed by atoms with van der Waals surface area (Å²) in [5.41, 5.74) is 1.70. The summed E-state index contributed by atoms with van der Waals surface area (Å²) in [4.78, 5) is 15.2. The fraction of sp³-hybridized carbons (Fsp3) is 0.154. The number of pyridine rings is 1. The first-order valence-electron chi connectivity index (χ1n) is 5.36. The molecular formula is C13H13N3O. The third-order valence-corrected chi connectivity index (χ3v) is 2.20. The van der Waals surface area contributed by atoms with Gasteiger partial charge in [0.1, 0.15) is 0 Å². The molecular weight excluding hydrogens is 214 g/mol. The van der Waals surface area contributed by atoms with E-state index < -0.39 is 0 Å². The van der Waals surface area contributed by atoms with Crippen molar-refractivity contribution in [3.8, 4) is 0 Å². The lowest BCUT2D eigenvalue weighted by molar-refractivity contribution is -0.112. The van der Waals surface area contributed by atoms with Crippen LogP contribution in [-0.4, -0.2) is 20.5 Å². The van der Waals surface area contributed by atoms with E-state index in [9.17, 15) is 4.79 Å². The molecule has 17 heavy (non-hydrogen) atoms. The molecule has 0 atom stereocenters. The minimum absolute atomic E-state index is 0.0179. The minimum atomic E-state index is 0.0179. The van der Waals surface area contributed by atoms with Crippen molar-refractivity contribution in [2.24, 2.45) is 0 Å². The zero-order valence-corrected chi connectivity index (χ0v) is 9.58. The first-order valence-corrected chi connectivity index (χ1v) is 5.36. The van der Waals surface area contributed by atoms with Crippen LogP contribution in [0.5, 0.6) is 0 Å². The van der Waals surface area contributed by atoms with E-state index in [1.807, 2.05) is 30.5 Å². The molecule has 0 radical (unpaired) electrons. The van der Waals surface area contributed by atoms with Gasteiger partial charge in [-0.15, -0.1) is 0 Å². The zero-order valence-electron chi connectivity index (χ0n) is 9.58. The van der Waals surface area contributed by atoms with E-state index >= 15 is 0 Å². The minimum Gasteiger partial charge on any atom is -0.295 e. The van der Waals surface area contributed by atoms with Crippen molar-refractivity contribution in [2.45, 2.75) is 13.5 Å². The highest BCUT2D eigenvalue weighted by molar-refractivity contribution is 5.91. The summed E-state index contributed by atoms with van der Waals surface area (Å²) < 4.78 is 1.81. The quantitative estimate of drug-likeness (QED) is 0.750. The smallest absolute Gasteiger partial charge is 0.152 e. The van der Waals surface area contributed by atoms with Gasteiger partial charge in [-0.2, -0.15) is 5.10 Å². The van der Waals surface area contributed by atoms with Crippen LogP contribution in [-0.2, 0) is 11.3 Å². The highest BCUT2D eigenvalue weighted by atomic mass is 16.1. The van der Waals surface area contributed by atoms with Crippen LogP contribution < -0.4 is 0 Å². The summed E-state index contributed by atoms with van der Waals surface area (Å²) >= 11 is 0. The molecule has 0 spiro atoms. The summed E-state index contributed by atoms with van der Waals surface area (Å²) in [6, 6.07) is 7.60. The normalized spacial score (nSPS) is 10.9. The van der Waals surface area contributed by atoms with E-state index in [2.05, 4.69) is 10.1 Å². The number of ketones is 1. The highest BCUT2D eigenvalue weighted by Crippen LogP contribution is 2.03. The van der Waals surface area contributed by atoms with Gasteiger partial charge in [-0.3, -0.25) is 14.5 Å². The Morgan fingerprint density at radius 3 is 3.00 bits per heavy atom. The molecule has 0 fully saturated rings. The number of carbonyl (C=O) groups is 1. The molecule has 0 aromatic carbocycles.